The Hall–Kier alpha value is -2.89. The summed E-state index contributed by atoms with van der Waals surface area (Å²) in [6.45, 7) is 2.15. The van der Waals surface area contributed by atoms with Crippen LogP contribution in [0.3, 0.4) is 0 Å². The van der Waals surface area contributed by atoms with Crippen LogP contribution in [0.4, 0.5) is 10.5 Å². The monoisotopic (exact) mass is 337 g/mol. The van der Waals surface area contributed by atoms with Gasteiger partial charge in [0.05, 0.1) is 17.8 Å². The molecule has 2 heterocycles. The molecular weight excluding hydrogens is 314 g/mol. The fraction of sp³-hybridized carbons (Fsp3) is 0.316. The topological polar surface area (TPSA) is 73.9 Å². The number of carbonyl (C=O) groups excluding carboxylic acids is 1. The van der Waals surface area contributed by atoms with Crippen molar-refractivity contribution in [1.29, 1.82) is 0 Å². The molecule has 0 fully saturated rings. The molecule has 3 rings (SSSR count). The fourth-order valence-corrected chi connectivity index (χ4v) is 2.93. The van der Waals surface area contributed by atoms with Crippen molar-refractivity contribution in [3.63, 3.8) is 0 Å². The lowest BCUT2D eigenvalue weighted by Crippen LogP contribution is -2.35. The highest BCUT2D eigenvalue weighted by molar-refractivity contribution is 5.92. The number of anilines is 1. The van der Waals surface area contributed by atoms with E-state index in [9.17, 15) is 4.79 Å². The normalized spacial score (nSPS) is 12.1. The van der Waals surface area contributed by atoms with Crippen LogP contribution in [-0.2, 0) is 0 Å². The average Bonchev–Trinajstić information content (AvgIpc) is 3.10. The van der Waals surface area contributed by atoms with E-state index in [0.717, 1.165) is 41.4 Å². The van der Waals surface area contributed by atoms with Crippen LogP contribution in [-0.4, -0.2) is 33.2 Å². The summed E-state index contributed by atoms with van der Waals surface area (Å²) in [4.78, 5) is 18.7. The predicted molar refractivity (Wildman–Crippen MR) is 99.4 cm³/mol. The number of nitrogens with zero attached hydrogens (tertiary/aromatic N) is 3. The predicted octanol–water partition coefficient (Wildman–Crippen LogP) is 4.35. The number of unbranched alkanes of at least 4 members (excludes halogenated alkanes) is 1. The number of amides is 2. The van der Waals surface area contributed by atoms with E-state index in [0.29, 0.717) is 0 Å². The van der Waals surface area contributed by atoms with Gasteiger partial charge < -0.3 is 10.2 Å². The SMILES string of the molecule is CCCC[C@H](c1cccnc1)N(C)C(=O)Nc1ccc2[nH]ncc2c1. The Morgan fingerprint density at radius 3 is 2.96 bits per heavy atom. The molecule has 0 bridgehead atoms. The van der Waals surface area contributed by atoms with Gasteiger partial charge in [-0.05, 0) is 36.2 Å². The van der Waals surface area contributed by atoms with Crippen molar-refractivity contribution >= 4 is 22.6 Å². The maximum Gasteiger partial charge on any atom is 0.322 e. The van der Waals surface area contributed by atoms with Gasteiger partial charge in [0.1, 0.15) is 0 Å². The standard InChI is InChI=1S/C19H23N5O/c1-3-4-7-18(14-6-5-10-20-12-14)24(2)19(25)22-16-8-9-17-15(11-16)13-21-23-17/h5-6,8-13,18H,3-4,7H2,1-2H3,(H,21,23)(H,22,25)/t18-/m1/s1. The number of nitrogens with one attached hydrogen (secondary N) is 2. The van der Waals surface area contributed by atoms with E-state index < -0.39 is 0 Å². The van der Waals surface area contributed by atoms with Gasteiger partial charge in [0.2, 0.25) is 0 Å². The second-order valence-corrected chi connectivity index (χ2v) is 6.16. The van der Waals surface area contributed by atoms with E-state index in [1.165, 1.54) is 0 Å². The maximum absolute atomic E-state index is 12.7. The molecule has 1 atom stereocenters. The molecule has 1 aromatic carbocycles. The number of aromatic nitrogens is 3. The van der Waals surface area contributed by atoms with Crippen LogP contribution in [0.5, 0.6) is 0 Å². The first kappa shape index (κ1) is 17.0. The molecule has 6 heteroatoms. The van der Waals surface area contributed by atoms with Gasteiger partial charge >= 0.3 is 6.03 Å². The molecule has 0 aliphatic carbocycles. The van der Waals surface area contributed by atoms with Crippen molar-refractivity contribution in [1.82, 2.24) is 20.1 Å². The minimum Gasteiger partial charge on any atom is -0.320 e. The maximum atomic E-state index is 12.7. The number of H-pyrrole nitrogens is 1. The highest BCUT2D eigenvalue weighted by Gasteiger charge is 2.21. The largest absolute Gasteiger partial charge is 0.322 e. The molecule has 0 spiro atoms. The Balaban J connectivity index is 1.75. The Bertz CT molecular complexity index is 830. The van der Waals surface area contributed by atoms with Gasteiger partial charge in [-0.3, -0.25) is 10.1 Å². The van der Waals surface area contributed by atoms with Crippen LogP contribution in [0.25, 0.3) is 10.9 Å². The third-order valence-electron chi connectivity index (χ3n) is 4.38. The number of rotatable bonds is 6. The summed E-state index contributed by atoms with van der Waals surface area (Å²) < 4.78 is 0. The summed E-state index contributed by atoms with van der Waals surface area (Å²) in [5, 5.41) is 10.9. The molecule has 6 nitrogen and oxygen atoms in total. The van der Waals surface area contributed by atoms with Crippen LogP contribution in [0.15, 0.2) is 48.9 Å². The molecule has 3 aromatic rings. The number of carbonyl (C=O) groups is 1. The van der Waals surface area contributed by atoms with Crippen LogP contribution >= 0.6 is 0 Å². The van der Waals surface area contributed by atoms with E-state index in [-0.39, 0.29) is 12.1 Å². The van der Waals surface area contributed by atoms with Gasteiger partial charge in [-0.2, -0.15) is 5.10 Å². The van der Waals surface area contributed by atoms with Crippen LogP contribution in [0.2, 0.25) is 0 Å². The van der Waals surface area contributed by atoms with Crippen LogP contribution in [0.1, 0.15) is 37.8 Å². The molecule has 0 aliphatic rings. The highest BCUT2D eigenvalue weighted by Crippen LogP contribution is 2.26. The molecule has 0 saturated carbocycles. The molecule has 0 saturated heterocycles. The quantitative estimate of drug-likeness (QED) is 0.702. The zero-order valence-corrected chi connectivity index (χ0v) is 14.6. The van der Waals surface area contributed by atoms with E-state index in [1.807, 2.05) is 43.6 Å². The Kier molecular flexibility index (Phi) is 5.28. The van der Waals surface area contributed by atoms with E-state index >= 15 is 0 Å². The number of hydrogen-bond acceptors (Lipinski definition) is 3. The average molecular weight is 337 g/mol. The van der Waals surface area contributed by atoms with E-state index in [2.05, 4.69) is 27.4 Å². The molecule has 0 radical (unpaired) electrons. The molecule has 130 valence electrons. The van der Waals surface area contributed by atoms with Crippen LogP contribution in [0, 0.1) is 0 Å². The molecule has 2 N–H and O–H groups in total. The van der Waals surface area contributed by atoms with Gasteiger partial charge in [0.15, 0.2) is 0 Å². The van der Waals surface area contributed by atoms with Crippen molar-refractivity contribution in [2.75, 3.05) is 12.4 Å². The minimum absolute atomic E-state index is 0.00584. The van der Waals surface area contributed by atoms with E-state index in [4.69, 9.17) is 0 Å². The zero-order valence-electron chi connectivity index (χ0n) is 14.6. The smallest absolute Gasteiger partial charge is 0.320 e. The first-order valence-electron chi connectivity index (χ1n) is 8.56. The van der Waals surface area contributed by atoms with E-state index in [1.54, 1.807) is 17.3 Å². The van der Waals surface area contributed by atoms with Gasteiger partial charge in [-0.1, -0.05) is 25.8 Å². The van der Waals surface area contributed by atoms with Gasteiger partial charge in [-0.25, -0.2) is 4.79 Å². The summed E-state index contributed by atoms with van der Waals surface area (Å²) >= 11 is 0. The zero-order chi connectivity index (χ0) is 17.6. The Labute approximate surface area is 147 Å². The van der Waals surface area contributed by atoms with Gasteiger partial charge in [0.25, 0.3) is 0 Å². The molecule has 0 aliphatic heterocycles. The van der Waals surface area contributed by atoms with Gasteiger partial charge in [-0.15, -0.1) is 0 Å². The van der Waals surface area contributed by atoms with Crippen molar-refractivity contribution in [2.24, 2.45) is 0 Å². The number of fused-ring (bicyclic) bond motifs is 1. The molecule has 2 amide bonds. The first-order chi connectivity index (χ1) is 12.2. The summed E-state index contributed by atoms with van der Waals surface area (Å²) in [6.07, 6.45) is 8.38. The lowest BCUT2D eigenvalue weighted by Gasteiger charge is -2.28. The Morgan fingerprint density at radius 2 is 2.20 bits per heavy atom. The second kappa shape index (κ2) is 7.79. The fourth-order valence-electron chi connectivity index (χ4n) is 2.93. The third-order valence-corrected chi connectivity index (χ3v) is 4.38. The number of urea groups is 1. The number of pyridine rings is 1. The lowest BCUT2D eigenvalue weighted by atomic mass is 10.0. The van der Waals surface area contributed by atoms with Crippen LogP contribution < -0.4 is 5.32 Å². The summed E-state index contributed by atoms with van der Waals surface area (Å²) in [5.74, 6) is 0. The molecule has 0 unspecified atom stereocenters. The highest BCUT2D eigenvalue weighted by atomic mass is 16.2. The van der Waals surface area contributed by atoms with Crippen molar-refractivity contribution in [3.05, 3.63) is 54.5 Å². The first-order valence-corrected chi connectivity index (χ1v) is 8.56. The Morgan fingerprint density at radius 1 is 1.32 bits per heavy atom. The minimum atomic E-state index is -0.132. The molecular formula is C19H23N5O. The third kappa shape index (κ3) is 3.96. The lowest BCUT2D eigenvalue weighted by molar-refractivity contribution is 0.200. The van der Waals surface area contributed by atoms with Crippen molar-refractivity contribution in [2.45, 2.75) is 32.2 Å². The summed E-state index contributed by atoms with van der Waals surface area (Å²) in [6, 6.07) is 9.50. The second-order valence-electron chi connectivity index (χ2n) is 6.16. The number of benzene rings is 1. The summed E-state index contributed by atoms with van der Waals surface area (Å²) in [5.41, 5.74) is 2.76. The molecule has 25 heavy (non-hydrogen) atoms. The molecule has 2 aromatic heterocycles. The van der Waals surface area contributed by atoms with Crippen molar-refractivity contribution < 1.29 is 4.79 Å². The van der Waals surface area contributed by atoms with Gasteiger partial charge in [0, 0.05) is 30.5 Å². The van der Waals surface area contributed by atoms with Crippen molar-refractivity contribution in [3.8, 4) is 0 Å². The summed E-state index contributed by atoms with van der Waals surface area (Å²) in [7, 11) is 1.83. The number of hydrogen-bond donors (Lipinski definition) is 2. The number of aromatic amines is 1.